The van der Waals surface area contributed by atoms with Crippen LogP contribution in [0.1, 0.15) is 23.2 Å². The first-order valence-corrected chi connectivity index (χ1v) is 9.45. The number of carbonyl (C=O) groups excluding carboxylic acids is 3. The SMILES string of the molecule is CNC(=O)CN(C)C(=O)COC(=O)c1ccccc1SC[C@@H]1CCCO1. The van der Waals surface area contributed by atoms with Gasteiger partial charge in [-0.2, -0.15) is 0 Å². The molecule has 0 aliphatic carbocycles. The second-order valence-electron chi connectivity index (χ2n) is 5.94. The van der Waals surface area contributed by atoms with Crippen molar-refractivity contribution in [1.29, 1.82) is 0 Å². The number of hydrogen-bond acceptors (Lipinski definition) is 6. The highest BCUT2D eigenvalue weighted by Crippen LogP contribution is 2.27. The van der Waals surface area contributed by atoms with Gasteiger partial charge in [0, 0.05) is 31.4 Å². The molecule has 1 aliphatic heterocycles. The Bertz CT molecular complexity index is 646. The van der Waals surface area contributed by atoms with Crippen LogP contribution in [0.2, 0.25) is 0 Å². The first kappa shape index (κ1) is 20.3. The summed E-state index contributed by atoms with van der Waals surface area (Å²) in [6, 6.07) is 7.15. The van der Waals surface area contributed by atoms with Gasteiger partial charge in [-0.15, -0.1) is 11.8 Å². The van der Waals surface area contributed by atoms with E-state index in [2.05, 4.69) is 5.32 Å². The van der Waals surface area contributed by atoms with Crippen molar-refractivity contribution in [2.24, 2.45) is 0 Å². The van der Waals surface area contributed by atoms with Crippen LogP contribution in [0.4, 0.5) is 0 Å². The molecule has 7 nitrogen and oxygen atoms in total. The third-order valence-corrected chi connectivity index (χ3v) is 5.17. The second-order valence-corrected chi connectivity index (χ2v) is 7.00. The lowest BCUT2D eigenvalue weighted by atomic mass is 10.2. The van der Waals surface area contributed by atoms with Crippen LogP contribution < -0.4 is 5.32 Å². The molecule has 1 fully saturated rings. The molecule has 1 aromatic rings. The number of rotatable bonds is 8. The lowest BCUT2D eigenvalue weighted by Crippen LogP contribution is -2.39. The maximum atomic E-state index is 12.4. The molecule has 142 valence electrons. The number of nitrogens with zero attached hydrogens (tertiary/aromatic N) is 1. The van der Waals surface area contributed by atoms with E-state index in [1.54, 1.807) is 23.9 Å². The summed E-state index contributed by atoms with van der Waals surface area (Å²) in [6.07, 6.45) is 2.32. The highest BCUT2D eigenvalue weighted by Gasteiger charge is 2.20. The van der Waals surface area contributed by atoms with Crippen molar-refractivity contribution in [1.82, 2.24) is 10.2 Å². The number of nitrogens with one attached hydrogen (secondary N) is 1. The minimum atomic E-state index is -0.554. The maximum Gasteiger partial charge on any atom is 0.339 e. The Hall–Kier alpha value is -2.06. The minimum absolute atomic E-state index is 0.0826. The topological polar surface area (TPSA) is 84.9 Å². The molecule has 0 bridgehead atoms. The molecular formula is C18H24N2O5S. The summed E-state index contributed by atoms with van der Waals surface area (Å²) in [6.45, 7) is 0.304. The summed E-state index contributed by atoms with van der Waals surface area (Å²) in [5, 5.41) is 2.43. The number of thioether (sulfide) groups is 1. The molecule has 1 saturated heterocycles. The van der Waals surface area contributed by atoms with Crippen molar-refractivity contribution >= 4 is 29.5 Å². The van der Waals surface area contributed by atoms with Crippen LogP contribution in [-0.4, -0.2) is 68.4 Å². The molecule has 8 heteroatoms. The third kappa shape index (κ3) is 6.03. The molecule has 1 heterocycles. The van der Waals surface area contributed by atoms with Gasteiger partial charge in [-0.3, -0.25) is 9.59 Å². The van der Waals surface area contributed by atoms with E-state index in [4.69, 9.17) is 9.47 Å². The van der Waals surface area contributed by atoms with E-state index >= 15 is 0 Å². The standard InChI is InChI=1S/C18H24N2O5S/c1-19-16(21)10-20(2)17(22)11-25-18(23)14-7-3-4-8-15(14)26-12-13-6-5-9-24-13/h3-4,7-8,13H,5-6,9-12H2,1-2H3,(H,19,21)/t13-/m0/s1. The molecule has 2 amide bonds. The van der Waals surface area contributed by atoms with Crippen molar-refractivity contribution in [3.8, 4) is 0 Å². The summed E-state index contributed by atoms with van der Waals surface area (Å²) >= 11 is 1.55. The van der Waals surface area contributed by atoms with Gasteiger partial charge >= 0.3 is 5.97 Å². The predicted molar refractivity (Wildman–Crippen MR) is 98.1 cm³/mol. The van der Waals surface area contributed by atoms with Crippen LogP contribution in [0.25, 0.3) is 0 Å². The number of likely N-dealkylation sites (N-methyl/N-ethyl adjacent to an activating group) is 2. The molecule has 0 spiro atoms. The van der Waals surface area contributed by atoms with Gasteiger partial charge in [0.05, 0.1) is 18.2 Å². The Labute approximate surface area is 157 Å². The van der Waals surface area contributed by atoms with E-state index < -0.39 is 18.5 Å². The molecule has 1 atom stereocenters. The molecule has 0 saturated carbocycles. The van der Waals surface area contributed by atoms with Crippen LogP contribution in [0.15, 0.2) is 29.2 Å². The molecule has 1 N–H and O–H groups in total. The number of carbonyl (C=O) groups is 3. The number of ether oxygens (including phenoxy) is 2. The van der Waals surface area contributed by atoms with Crippen molar-refractivity contribution < 1.29 is 23.9 Å². The molecule has 2 rings (SSSR count). The number of benzene rings is 1. The minimum Gasteiger partial charge on any atom is -0.452 e. The summed E-state index contributed by atoms with van der Waals surface area (Å²) in [4.78, 5) is 37.6. The van der Waals surface area contributed by atoms with Gasteiger partial charge in [-0.1, -0.05) is 12.1 Å². The molecule has 0 unspecified atom stereocenters. The Balaban J connectivity index is 1.88. The lowest BCUT2D eigenvalue weighted by Gasteiger charge is -2.16. The molecule has 26 heavy (non-hydrogen) atoms. The summed E-state index contributed by atoms with van der Waals surface area (Å²) in [5.74, 6) is -0.505. The van der Waals surface area contributed by atoms with Crippen molar-refractivity contribution in [2.75, 3.05) is 39.6 Å². The Morgan fingerprint density at radius 3 is 2.81 bits per heavy atom. The van der Waals surface area contributed by atoms with Crippen LogP contribution in [0, 0.1) is 0 Å². The Morgan fingerprint density at radius 2 is 2.12 bits per heavy atom. The van der Waals surface area contributed by atoms with Crippen LogP contribution >= 0.6 is 11.8 Å². The van der Waals surface area contributed by atoms with Gasteiger partial charge in [-0.05, 0) is 25.0 Å². The molecular weight excluding hydrogens is 356 g/mol. The lowest BCUT2D eigenvalue weighted by molar-refractivity contribution is -0.137. The van der Waals surface area contributed by atoms with Crippen molar-refractivity contribution in [2.45, 2.75) is 23.8 Å². The zero-order valence-electron chi connectivity index (χ0n) is 15.0. The fourth-order valence-electron chi connectivity index (χ4n) is 2.42. The van der Waals surface area contributed by atoms with Gasteiger partial charge in [-0.25, -0.2) is 4.79 Å². The van der Waals surface area contributed by atoms with Gasteiger partial charge < -0.3 is 19.7 Å². The van der Waals surface area contributed by atoms with Crippen LogP contribution in [0.5, 0.6) is 0 Å². The number of amides is 2. The maximum absolute atomic E-state index is 12.4. The highest BCUT2D eigenvalue weighted by atomic mass is 32.2. The highest BCUT2D eigenvalue weighted by molar-refractivity contribution is 7.99. The third-order valence-electron chi connectivity index (χ3n) is 3.97. The Kier molecular flexibility index (Phi) is 7.93. The summed E-state index contributed by atoms with van der Waals surface area (Å²) in [5.41, 5.74) is 0.428. The van der Waals surface area contributed by atoms with Gasteiger partial charge in [0.25, 0.3) is 5.91 Å². The average Bonchev–Trinajstić information content (AvgIpc) is 3.17. The van der Waals surface area contributed by atoms with Crippen molar-refractivity contribution in [3.63, 3.8) is 0 Å². The van der Waals surface area contributed by atoms with E-state index in [1.807, 2.05) is 12.1 Å². The number of esters is 1. The average molecular weight is 380 g/mol. The molecule has 0 radical (unpaired) electrons. The van der Waals surface area contributed by atoms with Crippen molar-refractivity contribution in [3.05, 3.63) is 29.8 Å². The van der Waals surface area contributed by atoms with Gasteiger partial charge in [0.1, 0.15) is 0 Å². The smallest absolute Gasteiger partial charge is 0.339 e. The predicted octanol–water partition coefficient (Wildman–Crippen LogP) is 1.32. The van der Waals surface area contributed by atoms with Crippen LogP contribution in [0.3, 0.4) is 0 Å². The molecule has 0 aromatic heterocycles. The summed E-state index contributed by atoms with van der Waals surface area (Å²) in [7, 11) is 2.97. The van der Waals surface area contributed by atoms with Crippen LogP contribution in [-0.2, 0) is 19.1 Å². The van der Waals surface area contributed by atoms with E-state index in [0.717, 1.165) is 30.1 Å². The fraction of sp³-hybridized carbons (Fsp3) is 0.500. The molecule has 1 aliphatic rings. The fourth-order valence-corrected chi connectivity index (χ4v) is 3.53. The summed E-state index contributed by atoms with van der Waals surface area (Å²) < 4.78 is 10.7. The Morgan fingerprint density at radius 1 is 1.35 bits per heavy atom. The van der Waals surface area contributed by atoms with E-state index in [1.165, 1.54) is 19.0 Å². The largest absolute Gasteiger partial charge is 0.452 e. The normalized spacial score (nSPS) is 16.2. The van der Waals surface area contributed by atoms with E-state index in [0.29, 0.717) is 5.56 Å². The zero-order valence-corrected chi connectivity index (χ0v) is 15.8. The monoisotopic (exact) mass is 380 g/mol. The van der Waals surface area contributed by atoms with E-state index in [9.17, 15) is 14.4 Å². The van der Waals surface area contributed by atoms with E-state index in [-0.39, 0.29) is 18.6 Å². The van der Waals surface area contributed by atoms with Gasteiger partial charge in [0.2, 0.25) is 5.91 Å². The number of hydrogen-bond donors (Lipinski definition) is 1. The first-order chi connectivity index (χ1) is 12.5. The quantitative estimate of drug-likeness (QED) is 0.541. The molecule has 1 aromatic carbocycles. The second kappa shape index (κ2) is 10.2. The first-order valence-electron chi connectivity index (χ1n) is 8.46. The zero-order chi connectivity index (χ0) is 18.9. The van der Waals surface area contributed by atoms with Gasteiger partial charge in [0.15, 0.2) is 6.61 Å².